The third-order valence-corrected chi connectivity index (χ3v) is 5.27. The van der Waals surface area contributed by atoms with Crippen LogP contribution in [0.4, 0.5) is 0 Å². The SMILES string of the molecule is COc1ccccc1[C@H](C)NC(=O)Cc1csc(-c2ccsc2)n1. The van der Waals surface area contributed by atoms with Gasteiger partial charge in [-0.3, -0.25) is 4.79 Å². The molecule has 0 aliphatic carbocycles. The predicted octanol–water partition coefficient (Wildman–Crippen LogP) is 4.30. The normalized spacial score (nSPS) is 11.9. The first-order chi connectivity index (χ1) is 11.7. The summed E-state index contributed by atoms with van der Waals surface area (Å²) in [5.74, 6) is 0.731. The van der Waals surface area contributed by atoms with E-state index in [0.29, 0.717) is 0 Å². The Morgan fingerprint density at radius 2 is 2.12 bits per heavy atom. The molecule has 0 unspecified atom stereocenters. The summed E-state index contributed by atoms with van der Waals surface area (Å²) in [5, 5.41) is 10.00. The number of nitrogens with one attached hydrogen (secondary N) is 1. The van der Waals surface area contributed by atoms with Crippen molar-refractivity contribution in [3.8, 4) is 16.3 Å². The third-order valence-electron chi connectivity index (χ3n) is 3.64. The average molecular weight is 358 g/mol. The summed E-state index contributed by atoms with van der Waals surface area (Å²) in [7, 11) is 1.63. The summed E-state index contributed by atoms with van der Waals surface area (Å²) >= 11 is 3.21. The average Bonchev–Trinajstić information content (AvgIpc) is 3.25. The van der Waals surface area contributed by atoms with Crippen LogP contribution in [0, 0.1) is 0 Å². The molecule has 2 aromatic heterocycles. The van der Waals surface area contributed by atoms with E-state index in [1.807, 2.05) is 48.0 Å². The minimum atomic E-state index is -0.122. The highest BCUT2D eigenvalue weighted by Gasteiger charge is 2.15. The number of hydrogen-bond donors (Lipinski definition) is 1. The number of aromatic nitrogens is 1. The number of hydrogen-bond acceptors (Lipinski definition) is 5. The number of ether oxygens (including phenoxy) is 1. The van der Waals surface area contributed by atoms with Gasteiger partial charge in [-0.15, -0.1) is 11.3 Å². The number of methoxy groups -OCH3 is 1. The number of carbonyl (C=O) groups excluding carboxylic acids is 1. The highest BCUT2D eigenvalue weighted by Crippen LogP contribution is 2.26. The fourth-order valence-corrected chi connectivity index (χ4v) is 4.00. The number of thiazole rings is 1. The molecule has 2 heterocycles. The van der Waals surface area contributed by atoms with Gasteiger partial charge in [-0.1, -0.05) is 18.2 Å². The Kier molecular flexibility index (Phi) is 5.27. The highest BCUT2D eigenvalue weighted by atomic mass is 32.1. The number of para-hydroxylation sites is 1. The van der Waals surface area contributed by atoms with Crippen LogP contribution in [0.3, 0.4) is 0 Å². The van der Waals surface area contributed by atoms with Crippen molar-refractivity contribution in [2.24, 2.45) is 0 Å². The molecule has 24 heavy (non-hydrogen) atoms. The Balaban J connectivity index is 1.63. The van der Waals surface area contributed by atoms with Crippen LogP contribution >= 0.6 is 22.7 Å². The summed E-state index contributed by atoms with van der Waals surface area (Å²) < 4.78 is 5.35. The van der Waals surface area contributed by atoms with Crippen molar-refractivity contribution < 1.29 is 9.53 Å². The lowest BCUT2D eigenvalue weighted by Crippen LogP contribution is -2.28. The van der Waals surface area contributed by atoms with Gasteiger partial charge in [0.25, 0.3) is 0 Å². The van der Waals surface area contributed by atoms with Crippen LogP contribution in [0.25, 0.3) is 10.6 Å². The molecule has 0 saturated heterocycles. The topological polar surface area (TPSA) is 51.2 Å². The van der Waals surface area contributed by atoms with E-state index in [-0.39, 0.29) is 18.4 Å². The molecule has 0 saturated carbocycles. The third kappa shape index (κ3) is 3.83. The molecular formula is C18H18N2O2S2. The van der Waals surface area contributed by atoms with Gasteiger partial charge in [0.1, 0.15) is 10.8 Å². The maximum atomic E-state index is 12.3. The first-order valence-electron chi connectivity index (χ1n) is 7.56. The van der Waals surface area contributed by atoms with Crippen LogP contribution in [-0.2, 0) is 11.2 Å². The Morgan fingerprint density at radius 1 is 1.29 bits per heavy atom. The van der Waals surface area contributed by atoms with Gasteiger partial charge in [-0.05, 0) is 24.4 Å². The van der Waals surface area contributed by atoms with Gasteiger partial charge in [0.2, 0.25) is 5.91 Å². The monoisotopic (exact) mass is 358 g/mol. The van der Waals surface area contributed by atoms with Gasteiger partial charge in [0, 0.05) is 21.9 Å². The van der Waals surface area contributed by atoms with Crippen molar-refractivity contribution in [3.63, 3.8) is 0 Å². The molecular weight excluding hydrogens is 340 g/mol. The van der Waals surface area contributed by atoms with E-state index in [4.69, 9.17) is 4.74 Å². The smallest absolute Gasteiger partial charge is 0.226 e. The van der Waals surface area contributed by atoms with E-state index in [1.54, 1.807) is 29.8 Å². The molecule has 124 valence electrons. The molecule has 3 aromatic rings. The Hall–Kier alpha value is -2.18. The molecule has 3 rings (SSSR count). The molecule has 0 bridgehead atoms. The lowest BCUT2D eigenvalue weighted by Gasteiger charge is -2.16. The molecule has 0 radical (unpaired) electrons. The van der Waals surface area contributed by atoms with E-state index >= 15 is 0 Å². The zero-order valence-electron chi connectivity index (χ0n) is 13.5. The van der Waals surface area contributed by atoms with Crippen molar-refractivity contribution >= 4 is 28.6 Å². The number of nitrogens with zero attached hydrogens (tertiary/aromatic N) is 1. The molecule has 1 N–H and O–H groups in total. The summed E-state index contributed by atoms with van der Waals surface area (Å²) in [6, 6.07) is 9.62. The first kappa shape index (κ1) is 16.7. The van der Waals surface area contributed by atoms with E-state index < -0.39 is 0 Å². The summed E-state index contributed by atoms with van der Waals surface area (Å²) in [5.41, 5.74) is 2.87. The van der Waals surface area contributed by atoms with Crippen molar-refractivity contribution in [2.45, 2.75) is 19.4 Å². The second-order valence-electron chi connectivity index (χ2n) is 5.36. The van der Waals surface area contributed by atoms with Gasteiger partial charge in [0.15, 0.2) is 0 Å². The van der Waals surface area contributed by atoms with Crippen molar-refractivity contribution in [1.82, 2.24) is 10.3 Å². The number of thiophene rings is 1. The maximum absolute atomic E-state index is 12.3. The predicted molar refractivity (Wildman–Crippen MR) is 98.7 cm³/mol. The Labute approximate surface area is 149 Å². The lowest BCUT2D eigenvalue weighted by atomic mass is 10.1. The summed E-state index contributed by atoms with van der Waals surface area (Å²) in [6.07, 6.45) is 0.278. The van der Waals surface area contributed by atoms with Gasteiger partial charge in [-0.25, -0.2) is 4.98 Å². The molecule has 4 nitrogen and oxygen atoms in total. The first-order valence-corrected chi connectivity index (χ1v) is 9.39. The standard InChI is InChI=1S/C18H18N2O2S2/c1-12(15-5-3-4-6-16(15)22-2)19-17(21)9-14-11-24-18(20-14)13-7-8-23-10-13/h3-8,10-12H,9H2,1-2H3,(H,19,21)/t12-/m0/s1. The van der Waals surface area contributed by atoms with Crippen molar-refractivity contribution in [1.29, 1.82) is 0 Å². The zero-order valence-corrected chi connectivity index (χ0v) is 15.1. The molecule has 0 spiro atoms. The van der Waals surface area contributed by atoms with Gasteiger partial charge in [-0.2, -0.15) is 11.3 Å². The molecule has 1 aromatic carbocycles. The van der Waals surface area contributed by atoms with Crippen LogP contribution in [0.5, 0.6) is 5.75 Å². The molecule has 1 amide bonds. The second-order valence-corrected chi connectivity index (χ2v) is 7.00. The maximum Gasteiger partial charge on any atom is 0.226 e. The van der Waals surface area contributed by atoms with Gasteiger partial charge < -0.3 is 10.1 Å². The minimum absolute atomic E-state index is 0.0458. The lowest BCUT2D eigenvalue weighted by molar-refractivity contribution is -0.121. The molecule has 6 heteroatoms. The van der Waals surface area contributed by atoms with Crippen LogP contribution in [0.15, 0.2) is 46.5 Å². The Morgan fingerprint density at radius 3 is 2.88 bits per heavy atom. The molecule has 0 aliphatic heterocycles. The van der Waals surface area contributed by atoms with E-state index in [9.17, 15) is 4.79 Å². The van der Waals surface area contributed by atoms with Gasteiger partial charge >= 0.3 is 0 Å². The fraction of sp³-hybridized carbons (Fsp3) is 0.222. The quantitative estimate of drug-likeness (QED) is 0.715. The Bertz CT molecular complexity index is 812. The van der Waals surface area contributed by atoms with Crippen LogP contribution in [0.1, 0.15) is 24.2 Å². The number of carbonyl (C=O) groups is 1. The number of rotatable bonds is 6. The van der Waals surface area contributed by atoms with Crippen LogP contribution in [0.2, 0.25) is 0 Å². The zero-order chi connectivity index (χ0) is 16.9. The molecule has 0 aliphatic rings. The molecule has 0 fully saturated rings. The minimum Gasteiger partial charge on any atom is -0.496 e. The van der Waals surface area contributed by atoms with Crippen molar-refractivity contribution in [2.75, 3.05) is 7.11 Å². The van der Waals surface area contributed by atoms with E-state index in [0.717, 1.165) is 27.6 Å². The van der Waals surface area contributed by atoms with E-state index in [2.05, 4.69) is 15.7 Å². The number of benzene rings is 1. The summed E-state index contributed by atoms with van der Waals surface area (Å²) in [6.45, 7) is 1.95. The van der Waals surface area contributed by atoms with E-state index in [1.165, 1.54) is 0 Å². The molecule has 1 atom stereocenters. The number of amides is 1. The van der Waals surface area contributed by atoms with Gasteiger partial charge in [0.05, 0.1) is 25.3 Å². The van der Waals surface area contributed by atoms with Crippen LogP contribution in [-0.4, -0.2) is 18.0 Å². The highest BCUT2D eigenvalue weighted by molar-refractivity contribution is 7.14. The second kappa shape index (κ2) is 7.59. The summed E-state index contributed by atoms with van der Waals surface area (Å²) in [4.78, 5) is 16.9. The van der Waals surface area contributed by atoms with Crippen molar-refractivity contribution in [3.05, 3.63) is 57.7 Å². The fourth-order valence-electron chi connectivity index (χ4n) is 2.47. The van der Waals surface area contributed by atoms with Crippen LogP contribution < -0.4 is 10.1 Å². The largest absolute Gasteiger partial charge is 0.496 e.